The van der Waals surface area contributed by atoms with E-state index in [9.17, 15) is 8.78 Å². The molecule has 0 saturated heterocycles. The number of aliphatic hydroxyl groups is 1. The van der Waals surface area contributed by atoms with Crippen molar-refractivity contribution in [2.75, 3.05) is 0 Å². The first-order valence-electron chi connectivity index (χ1n) is 3.63. The molecule has 0 radical (unpaired) electrons. The van der Waals surface area contributed by atoms with Crippen molar-refractivity contribution in [2.24, 2.45) is 0 Å². The van der Waals surface area contributed by atoms with Gasteiger partial charge in [-0.25, -0.2) is 4.98 Å². The van der Waals surface area contributed by atoms with Crippen LogP contribution < -0.4 is 0 Å². The Bertz CT molecular complexity index is 400. The van der Waals surface area contributed by atoms with Gasteiger partial charge in [-0.2, -0.15) is 8.78 Å². The zero-order chi connectivity index (χ0) is 9.47. The maximum atomic E-state index is 12.4. The van der Waals surface area contributed by atoms with Gasteiger partial charge in [0.15, 0.2) is 0 Å². The second-order valence-electron chi connectivity index (χ2n) is 2.64. The lowest BCUT2D eigenvalue weighted by Crippen LogP contribution is -2.13. The number of fused-ring (bicyclic) bond motifs is 1. The normalized spacial score (nSPS) is 12.2. The summed E-state index contributed by atoms with van der Waals surface area (Å²) >= 11 is 0. The molecule has 68 valence electrons. The Morgan fingerprint density at radius 1 is 1.31 bits per heavy atom. The molecule has 0 bridgehead atoms. The van der Waals surface area contributed by atoms with Crippen LogP contribution >= 0.6 is 0 Å². The lowest BCUT2D eigenvalue weighted by Gasteiger charge is -2.02. The summed E-state index contributed by atoms with van der Waals surface area (Å²) in [5.41, 5.74) is 0.887. The maximum absolute atomic E-state index is 12.4. The van der Waals surface area contributed by atoms with Crippen molar-refractivity contribution in [1.82, 2.24) is 9.97 Å². The highest BCUT2D eigenvalue weighted by atomic mass is 19.3. The SMILES string of the molecule is OC(F)(F)c1nc2ccccc2[nH]1. The van der Waals surface area contributed by atoms with E-state index in [1.807, 2.05) is 0 Å². The molecular formula is C8H6F2N2O. The summed E-state index contributed by atoms with van der Waals surface area (Å²) in [6, 6.07) is 6.57. The van der Waals surface area contributed by atoms with Crippen molar-refractivity contribution < 1.29 is 13.9 Å². The lowest BCUT2D eigenvalue weighted by atomic mass is 10.3. The summed E-state index contributed by atoms with van der Waals surface area (Å²) in [5, 5.41) is 8.36. The topological polar surface area (TPSA) is 48.9 Å². The van der Waals surface area contributed by atoms with Crippen LogP contribution in [0.2, 0.25) is 0 Å². The molecule has 0 aliphatic carbocycles. The minimum atomic E-state index is -3.90. The van der Waals surface area contributed by atoms with E-state index < -0.39 is 11.9 Å². The summed E-state index contributed by atoms with van der Waals surface area (Å²) in [4.78, 5) is 5.85. The number of halogens is 2. The molecule has 0 spiro atoms. The third kappa shape index (κ3) is 1.38. The summed E-state index contributed by atoms with van der Waals surface area (Å²) < 4.78 is 24.7. The molecule has 0 aliphatic heterocycles. The third-order valence-corrected chi connectivity index (χ3v) is 1.67. The van der Waals surface area contributed by atoms with E-state index >= 15 is 0 Å². The number of nitrogens with one attached hydrogen (secondary N) is 1. The Morgan fingerprint density at radius 2 is 2.00 bits per heavy atom. The first-order chi connectivity index (χ1) is 6.07. The molecule has 0 aliphatic rings. The number of imidazole rings is 1. The fraction of sp³-hybridized carbons (Fsp3) is 0.125. The molecule has 0 atom stereocenters. The summed E-state index contributed by atoms with van der Waals surface area (Å²) in [6.45, 7) is 0. The highest BCUT2D eigenvalue weighted by Crippen LogP contribution is 2.23. The highest BCUT2D eigenvalue weighted by molar-refractivity contribution is 5.74. The maximum Gasteiger partial charge on any atom is 0.413 e. The van der Waals surface area contributed by atoms with Crippen molar-refractivity contribution in [3.05, 3.63) is 30.1 Å². The van der Waals surface area contributed by atoms with Crippen LogP contribution in [0.1, 0.15) is 5.82 Å². The molecular weight excluding hydrogens is 178 g/mol. The molecule has 2 aromatic rings. The van der Waals surface area contributed by atoms with Crippen LogP contribution in [0.25, 0.3) is 11.0 Å². The van der Waals surface area contributed by atoms with Crippen molar-refractivity contribution in [3.63, 3.8) is 0 Å². The fourth-order valence-electron chi connectivity index (χ4n) is 1.10. The van der Waals surface area contributed by atoms with Gasteiger partial charge >= 0.3 is 6.11 Å². The van der Waals surface area contributed by atoms with Gasteiger partial charge < -0.3 is 10.1 Å². The monoisotopic (exact) mass is 184 g/mol. The molecule has 3 nitrogen and oxygen atoms in total. The Morgan fingerprint density at radius 3 is 2.62 bits per heavy atom. The summed E-state index contributed by atoms with van der Waals surface area (Å²) in [7, 11) is 0. The van der Waals surface area contributed by atoms with E-state index in [-0.39, 0.29) is 0 Å². The third-order valence-electron chi connectivity index (χ3n) is 1.67. The molecule has 13 heavy (non-hydrogen) atoms. The molecule has 2 rings (SSSR count). The van der Waals surface area contributed by atoms with E-state index in [4.69, 9.17) is 5.11 Å². The molecule has 1 aromatic heterocycles. The molecule has 0 unspecified atom stereocenters. The lowest BCUT2D eigenvalue weighted by molar-refractivity contribution is -0.214. The van der Waals surface area contributed by atoms with Gasteiger partial charge in [0.2, 0.25) is 5.82 Å². The van der Waals surface area contributed by atoms with E-state index in [2.05, 4.69) is 9.97 Å². The standard InChI is InChI=1S/C8H6F2N2O/c9-8(10,13)7-11-5-3-1-2-4-6(5)12-7/h1-4,13H,(H,11,12). The first-order valence-corrected chi connectivity index (χ1v) is 3.63. The minimum absolute atomic E-state index is 0.409. The smallest absolute Gasteiger partial charge is 0.335 e. The second-order valence-corrected chi connectivity index (χ2v) is 2.64. The summed E-state index contributed by atoms with van der Waals surface area (Å²) in [6.07, 6.45) is -3.90. The van der Waals surface area contributed by atoms with Crippen LogP contribution in [0.15, 0.2) is 24.3 Å². The van der Waals surface area contributed by atoms with Gasteiger partial charge in [-0.15, -0.1) is 0 Å². The zero-order valence-corrected chi connectivity index (χ0v) is 6.46. The second kappa shape index (κ2) is 2.50. The van der Waals surface area contributed by atoms with Gasteiger partial charge in [0, 0.05) is 0 Å². The highest BCUT2D eigenvalue weighted by Gasteiger charge is 2.31. The zero-order valence-electron chi connectivity index (χ0n) is 6.46. The van der Waals surface area contributed by atoms with Crippen LogP contribution in [0.4, 0.5) is 8.78 Å². The number of para-hydroxylation sites is 2. The van der Waals surface area contributed by atoms with Crippen molar-refractivity contribution in [2.45, 2.75) is 6.11 Å². The predicted molar refractivity (Wildman–Crippen MR) is 42.2 cm³/mol. The number of H-pyrrole nitrogens is 1. The molecule has 5 heteroatoms. The van der Waals surface area contributed by atoms with E-state index in [1.54, 1.807) is 24.3 Å². The number of hydrogen-bond donors (Lipinski definition) is 2. The Kier molecular flexibility index (Phi) is 1.56. The molecule has 1 heterocycles. The van der Waals surface area contributed by atoms with Gasteiger partial charge in [-0.1, -0.05) is 12.1 Å². The van der Waals surface area contributed by atoms with Gasteiger partial charge in [0.1, 0.15) is 0 Å². The van der Waals surface area contributed by atoms with Crippen molar-refractivity contribution in [1.29, 1.82) is 0 Å². The molecule has 2 N–H and O–H groups in total. The molecule has 0 fully saturated rings. The van der Waals surface area contributed by atoms with Gasteiger partial charge in [0.05, 0.1) is 11.0 Å². The minimum Gasteiger partial charge on any atom is -0.335 e. The molecule has 0 amide bonds. The van der Waals surface area contributed by atoms with Crippen molar-refractivity contribution >= 4 is 11.0 Å². The van der Waals surface area contributed by atoms with E-state index in [0.717, 1.165) is 0 Å². The number of aromatic nitrogens is 2. The van der Waals surface area contributed by atoms with Crippen LogP contribution in [0, 0.1) is 0 Å². The van der Waals surface area contributed by atoms with Crippen LogP contribution in [-0.4, -0.2) is 15.1 Å². The Labute approximate surface area is 72.0 Å². The largest absolute Gasteiger partial charge is 0.413 e. The average molecular weight is 184 g/mol. The van der Waals surface area contributed by atoms with Gasteiger partial charge in [-0.05, 0) is 12.1 Å². The molecule has 1 aromatic carbocycles. The Balaban J connectivity index is 2.63. The van der Waals surface area contributed by atoms with Crippen LogP contribution in [0.5, 0.6) is 0 Å². The number of aromatic amines is 1. The van der Waals surface area contributed by atoms with E-state index in [1.165, 1.54) is 0 Å². The van der Waals surface area contributed by atoms with E-state index in [0.29, 0.717) is 11.0 Å². The number of benzene rings is 1. The number of rotatable bonds is 1. The first kappa shape index (κ1) is 8.12. The van der Waals surface area contributed by atoms with Crippen molar-refractivity contribution in [3.8, 4) is 0 Å². The molecule has 0 saturated carbocycles. The number of hydrogen-bond acceptors (Lipinski definition) is 2. The van der Waals surface area contributed by atoms with Crippen LogP contribution in [-0.2, 0) is 6.11 Å². The summed E-state index contributed by atoms with van der Waals surface area (Å²) in [5.74, 6) is -0.728. The quantitative estimate of drug-likeness (QED) is 0.707. The predicted octanol–water partition coefficient (Wildman–Crippen LogP) is 1.60. The Hall–Kier alpha value is -1.49. The average Bonchev–Trinajstić information content (AvgIpc) is 2.45. The van der Waals surface area contributed by atoms with Gasteiger partial charge in [-0.3, -0.25) is 0 Å². The number of nitrogens with zero attached hydrogens (tertiary/aromatic N) is 1. The fourth-order valence-corrected chi connectivity index (χ4v) is 1.10. The number of alkyl halides is 2. The van der Waals surface area contributed by atoms with Gasteiger partial charge in [0.25, 0.3) is 0 Å². The van der Waals surface area contributed by atoms with Crippen LogP contribution in [0.3, 0.4) is 0 Å².